The Labute approximate surface area is 179 Å². The van der Waals surface area contributed by atoms with E-state index in [2.05, 4.69) is 12.2 Å². The molecule has 0 spiro atoms. The second-order valence-corrected chi connectivity index (χ2v) is 7.53. The molecule has 0 unspecified atom stereocenters. The molecule has 168 valence electrons. The Morgan fingerprint density at radius 3 is 2.10 bits per heavy atom. The summed E-state index contributed by atoms with van der Waals surface area (Å²) in [5.41, 5.74) is 0.246. The largest absolute Gasteiger partial charge is 0.490 e. The summed E-state index contributed by atoms with van der Waals surface area (Å²) in [5.74, 6) is 0.812. The van der Waals surface area contributed by atoms with E-state index in [1.54, 1.807) is 19.1 Å². The highest BCUT2D eigenvalue weighted by Crippen LogP contribution is 2.39. The molecule has 1 aliphatic rings. The molecule has 0 radical (unpaired) electrons. The van der Waals surface area contributed by atoms with Crippen LogP contribution in [0.15, 0.2) is 12.1 Å². The maximum absolute atomic E-state index is 12.7. The van der Waals surface area contributed by atoms with E-state index in [1.165, 1.54) is 6.42 Å². The Hall–Kier alpha value is -2.44. The molecule has 1 aliphatic carbocycles. The van der Waals surface area contributed by atoms with E-state index >= 15 is 0 Å². The van der Waals surface area contributed by atoms with Gasteiger partial charge in [-0.05, 0) is 58.6 Å². The van der Waals surface area contributed by atoms with Gasteiger partial charge in [-0.2, -0.15) is 0 Å². The van der Waals surface area contributed by atoms with E-state index in [0.29, 0.717) is 43.0 Å². The zero-order valence-corrected chi connectivity index (χ0v) is 18.8. The molecule has 3 atom stereocenters. The minimum Gasteiger partial charge on any atom is -0.490 e. The summed E-state index contributed by atoms with van der Waals surface area (Å²) in [5, 5.41) is 3.03. The monoisotopic (exact) mass is 421 g/mol. The number of rotatable bonds is 10. The minimum absolute atomic E-state index is 0.131. The molecule has 1 amide bonds. The van der Waals surface area contributed by atoms with Crippen LogP contribution >= 0.6 is 0 Å². The summed E-state index contributed by atoms with van der Waals surface area (Å²) in [6.07, 6.45) is 3.47. The number of hydrogen-bond donors (Lipinski definition) is 1. The SMILES string of the molecule is CCOc1cc(C(=O)O[C@@H](C)C(=O)N[C@@H]2CCCC[C@@H]2C)cc(OCC)c1OCC. The van der Waals surface area contributed by atoms with Crippen LogP contribution in [-0.2, 0) is 9.53 Å². The third kappa shape index (κ3) is 6.28. The summed E-state index contributed by atoms with van der Waals surface area (Å²) in [7, 11) is 0. The number of nitrogens with one attached hydrogen (secondary N) is 1. The molecule has 7 heteroatoms. The molecule has 0 aromatic heterocycles. The van der Waals surface area contributed by atoms with Crippen LogP contribution in [0, 0.1) is 5.92 Å². The number of benzene rings is 1. The highest BCUT2D eigenvalue weighted by atomic mass is 16.6. The van der Waals surface area contributed by atoms with Gasteiger partial charge in [0.25, 0.3) is 5.91 Å². The molecule has 0 saturated heterocycles. The lowest BCUT2D eigenvalue weighted by atomic mass is 9.86. The van der Waals surface area contributed by atoms with E-state index in [4.69, 9.17) is 18.9 Å². The van der Waals surface area contributed by atoms with Crippen molar-refractivity contribution in [3.63, 3.8) is 0 Å². The van der Waals surface area contributed by atoms with Crippen molar-refractivity contribution < 1.29 is 28.5 Å². The van der Waals surface area contributed by atoms with Gasteiger partial charge in [0, 0.05) is 6.04 Å². The average Bonchev–Trinajstić information content (AvgIpc) is 2.72. The van der Waals surface area contributed by atoms with Crippen molar-refractivity contribution >= 4 is 11.9 Å². The van der Waals surface area contributed by atoms with Gasteiger partial charge in [-0.15, -0.1) is 0 Å². The molecule has 2 rings (SSSR count). The van der Waals surface area contributed by atoms with Crippen molar-refractivity contribution in [2.24, 2.45) is 5.92 Å². The molecule has 1 saturated carbocycles. The van der Waals surface area contributed by atoms with E-state index in [1.807, 2.05) is 20.8 Å². The molecular weight excluding hydrogens is 386 g/mol. The molecular formula is C23H35NO6. The predicted molar refractivity (Wildman–Crippen MR) is 114 cm³/mol. The van der Waals surface area contributed by atoms with Crippen LogP contribution in [-0.4, -0.2) is 43.8 Å². The fraction of sp³-hybridized carbons (Fsp3) is 0.652. The number of esters is 1. The topological polar surface area (TPSA) is 83.1 Å². The minimum atomic E-state index is -0.899. The molecule has 1 fully saturated rings. The van der Waals surface area contributed by atoms with Crippen LogP contribution in [0.1, 0.15) is 70.7 Å². The lowest BCUT2D eigenvalue weighted by Crippen LogP contribution is -2.46. The van der Waals surface area contributed by atoms with Crippen molar-refractivity contribution in [2.75, 3.05) is 19.8 Å². The molecule has 1 aromatic rings. The quantitative estimate of drug-likeness (QED) is 0.572. The highest BCUT2D eigenvalue weighted by Gasteiger charge is 2.27. The fourth-order valence-corrected chi connectivity index (χ4v) is 3.62. The molecule has 1 N–H and O–H groups in total. The van der Waals surface area contributed by atoms with Gasteiger partial charge in [0.1, 0.15) is 0 Å². The normalized spacial score (nSPS) is 19.5. The van der Waals surface area contributed by atoms with Crippen LogP contribution in [0.3, 0.4) is 0 Å². The van der Waals surface area contributed by atoms with Crippen LogP contribution < -0.4 is 19.5 Å². The fourth-order valence-electron chi connectivity index (χ4n) is 3.62. The number of carbonyl (C=O) groups is 2. The first kappa shape index (κ1) is 23.8. The second-order valence-electron chi connectivity index (χ2n) is 7.53. The van der Waals surface area contributed by atoms with Crippen LogP contribution in [0.5, 0.6) is 17.2 Å². The third-order valence-electron chi connectivity index (χ3n) is 5.24. The van der Waals surface area contributed by atoms with Crippen LogP contribution in [0.25, 0.3) is 0 Å². The van der Waals surface area contributed by atoms with Crippen molar-refractivity contribution in [3.8, 4) is 17.2 Å². The maximum Gasteiger partial charge on any atom is 0.339 e. The number of carbonyl (C=O) groups excluding carboxylic acids is 2. The smallest absolute Gasteiger partial charge is 0.339 e. The van der Waals surface area contributed by atoms with Gasteiger partial charge in [0.05, 0.1) is 25.4 Å². The first-order valence-electron chi connectivity index (χ1n) is 11.0. The Kier molecular flexibility index (Phi) is 9.27. The zero-order valence-electron chi connectivity index (χ0n) is 18.8. The number of hydrogen-bond acceptors (Lipinski definition) is 6. The van der Waals surface area contributed by atoms with Gasteiger partial charge in [0.2, 0.25) is 5.75 Å². The van der Waals surface area contributed by atoms with Crippen LogP contribution in [0.4, 0.5) is 0 Å². The molecule has 1 aromatic carbocycles. The van der Waals surface area contributed by atoms with Gasteiger partial charge in [0.15, 0.2) is 17.6 Å². The van der Waals surface area contributed by atoms with Gasteiger partial charge >= 0.3 is 5.97 Å². The number of amides is 1. The Bertz CT molecular complexity index is 693. The zero-order chi connectivity index (χ0) is 22.1. The number of ether oxygens (including phenoxy) is 4. The van der Waals surface area contributed by atoms with Gasteiger partial charge in [-0.25, -0.2) is 4.79 Å². The molecule has 0 heterocycles. The Balaban J connectivity index is 2.13. The van der Waals surface area contributed by atoms with Crippen molar-refractivity contribution in [1.82, 2.24) is 5.32 Å². The molecule has 0 bridgehead atoms. The van der Waals surface area contributed by atoms with Gasteiger partial charge < -0.3 is 24.3 Å². The maximum atomic E-state index is 12.7. The van der Waals surface area contributed by atoms with Crippen molar-refractivity contribution in [1.29, 1.82) is 0 Å². The summed E-state index contributed by atoms with van der Waals surface area (Å²) >= 11 is 0. The summed E-state index contributed by atoms with van der Waals surface area (Å²) in [4.78, 5) is 25.3. The standard InChI is InChI=1S/C23H35NO6/c1-6-27-19-13-17(14-20(28-7-2)21(19)29-8-3)23(26)30-16(5)22(25)24-18-12-10-9-11-15(18)4/h13-16,18H,6-12H2,1-5H3,(H,24,25)/t15-,16-,18+/m0/s1. The third-order valence-corrected chi connectivity index (χ3v) is 5.24. The average molecular weight is 422 g/mol. The second kappa shape index (κ2) is 11.7. The molecule has 0 aliphatic heterocycles. The predicted octanol–water partition coefficient (Wildman–Crippen LogP) is 4.12. The molecule has 30 heavy (non-hydrogen) atoms. The van der Waals surface area contributed by atoms with Gasteiger partial charge in [-0.1, -0.05) is 19.8 Å². The summed E-state index contributed by atoms with van der Waals surface area (Å²) in [6.45, 7) is 10.5. The first-order valence-corrected chi connectivity index (χ1v) is 11.0. The molecule has 7 nitrogen and oxygen atoms in total. The van der Waals surface area contributed by atoms with Crippen molar-refractivity contribution in [2.45, 2.75) is 72.4 Å². The summed E-state index contributed by atoms with van der Waals surface area (Å²) in [6, 6.07) is 3.26. The Morgan fingerprint density at radius 2 is 1.57 bits per heavy atom. The highest BCUT2D eigenvalue weighted by molar-refractivity contribution is 5.93. The van der Waals surface area contributed by atoms with E-state index in [-0.39, 0.29) is 17.5 Å². The Morgan fingerprint density at radius 1 is 1.00 bits per heavy atom. The van der Waals surface area contributed by atoms with Crippen molar-refractivity contribution in [3.05, 3.63) is 17.7 Å². The lowest BCUT2D eigenvalue weighted by molar-refractivity contribution is -0.130. The van der Waals surface area contributed by atoms with Gasteiger partial charge in [-0.3, -0.25) is 4.79 Å². The van der Waals surface area contributed by atoms with Crippen LogP contribution in [0.2, 0.25) is 0 Å². The lowest BCUT2D eigenvalue weighted by Gasteiger charge is -2.30. The first-order chi connectivity index (χ1) is 14.4. The summed E-state index contributed by atoms with van der Waals surface area (Å²) < 4.78 is 22.4. The van der Waals surface area contributed by atoms with E-state index in [9.17, 15) is 9.59 Å². The van der Waals surface area contributed by atoms with E-state index < -0.39 is 12.1 Å². The van der Waals surface area contributed by atoms with E-state index in [0.717, 1.165) is 19.3 Å².